The summed E-state index contributed by atoms with van der Waals surface area (Å²) in [5, 5.41) is 10.6. The number of hydrogen-bond acceptors (Lipinski definition) is 5. The van der Waals surface area contributed by atoms with E-state index in [9.17, 15) is 14.7 Å². The van der Waals surface area contributed by atoms with Gasteiger partial charge in [0.25, 0.3) is 0 Å². The molecule has 4 rings (SSSR count). The van der Waals surface area contributed by atoms with Crippen molar-refractivity contribution in [2.75, 3.05) is 26.7 Å². The van der Waals surface area contributed by atoms with E-state index in [1.54, 1.807) is 40.8 Å². The molecule has 7 atom stereocenters. The molecule has 1 aromatic carbocycles. The topological polar surface area (TPSA) is 81.2 Å². The van der Waals surface area contributed by atoms with Gasteiger partial charge in [-0.2, -0.15) is 0 Å². The zero-order valence-electron chi connectivity index (χ0n) is 25.8. The van der Waals surface area contributed by atoms with E-state index in [0.29, 0.717) is 19.5 Å². The van der Waals surface area contributed by atoms with Crippen molar-refractivity contribution < 1.29 is 19.5 Å². The first-order chi connectivity index (χ1) is 19.6. The van der Waals surface area contributed by atoms with Gasteiger partial charge in [0.2, 0.25) is 17.7 Å². The molecular weight excluding hydrogens is 614 g/mol. The van der Waals surface area contributed by atoms with E-state index >= 15 is 4.79 Å². The minimum atomic E-state index is -0.857. The lowest BCUT2D eigenvalue weighted by Crippen LogP contribution is -2.60. The molecule has 0 aromatic heterocycles. The third kappa shape index (κ3) is 5.61. The van der Waals surface area contributed by atoms with Crippen LogP contribution in [0.15, 0.2) is 55.6 Å². The molecule has 9 heteroatoms. The van der Waals surface area contributed by atoms with Crippen molar-refractivity contribution in [3.63, 3.8) is 0 Å². The Morgan fingerprint density at radius 2 is 1.76 bits per heavy atom. The number of rotatable bonds is 11. The van der Waals surface area contributed by atoms with Gasteiger partial charge in [0, 0.05) is 35.8 Å². The van der Waals surface area contributed by atoms with Gasteiger partial charge in [-0.05, 0) is 37.7 Å². The standard InChI is InChI=1S/C33H46BrN3O4S/c1-9-16-35(8)28(39)24-25-29(40)37(23(19-38)21-14-12-11-13-15-21)27(33(25)18-22(34)26(24)42-33)30(41)36(17-10-2)32(6,7)20-31(3,4)5/h9-15,22-27,38H,1-2,16-20H2,3-8H3/t22?,23-,24-,25+,26-,27?,33?/m1/s1. The van der Waals surface area contributed by atoms with Crippen LogP contribution < -0.4 is 0 Å². The number of likely N-dealkylation sites (tertiary alicyclic amines) is 1. The molecule has 7 nitrogen and oxygen atoms in total. The van der Waals surface area contributed by atoms with Gasteiger partial charge in [-0.1, -0.05) is 79.2 Å². The van der Waals surface area contributed by atoms with Crippen molar-refractivity contribution in [3.8, 4) is 0 Å². The van der Waals surface area contributed by atoms with Crippen molar-refractivity contribution in [1.82, 2.24) is 14.7 Å². The fourth-order valence-electron chi connectivity index (χ4n) is 7.84. The second-order valence-electron chi connectivity index (χ2n) is 13.8. The lowest BCUT2D eigenvalue weighted by molar-refractivity contribution is -0.149. The molecule has 3 heterocycles. The van der Waals surface area contributed by atoms with E-state index in [1.807, 2.05) is 35.2 Å². The second-order valence-corrected chi connectivity index (χ2v) is 16.5. The zero-order valence-corrected chi connectivity index (χ0v) is 28.2. The van der Waals surface area contributed by atoms with Crippen molar-refractivity contribution in [3.05, 3.63) is 61.2 Å². The third-order valence-corrected chi connectivity index (χ3v) is 12.2. The smallest absolute Gasteiger partial charge is 0.247 e. The van der Waals surface area contributed by atoms with Gasteiger partial charge in [-0.15, -0.1) is 24.9 Å². The average molecular weight is 661 g/mol. The van der Waals surface area contributed by atoms with Gasteiger partial charge in [-0.3, -0.25) is 14.4 Å². The number of carbonyl (C=O) groups excluding carboxylic acids is 3. The molecule has 3 fully saturated rings. The molecule has 2 bridgehead atoms. The molecule has 3 saturated heterocycles. The highest BCUT2D eigenvalue weighted by atomic mass is 79.9. The zero-order chi connectivity index (χ0) is 31.2. The maximum atomic E-state index is 15.1. The number of halogens is 1. The molecule has 0 aliphatic carbocycles. The third-order valence-electron chi connectivity index (χ3n) is 8.99. The second kappa shape index (κ2) is 12.1. The molecule has 230 valence electrons. The number of hydrogen-bond donors (Lipinski definition) is 1. The molecule has 0 radical (unpaired) electrons. The molecule has 3 aliphatic heterocycles. The molecule has 42 heavy (non-hydrogen) atoms. The highest BCUT2D eigenvalue weighted by molar-refractivity contribution is 9.09. The molecule has 3 aliphatic rings. The fraction of sp³-hybridized carbons (Fsp3) is 0.606. The Labute approximate surface area is 263 Å². The summed E-state index contributed by atoms with van der Waals surface area (Å²) >= 11 is 5.47. The first-order valence-electron chi connectivity index (χ1n) is 14.7. The maximum absolute atomic E-state index is 15.1. The Morgan fingerprint density at radius 1 is 1.14 bits per heavy atom. The van der Waals surface area contributed by atoms with Crippen LogP contribution in [0.4, 0.5) is 0 Å². The number of carbonyl (C=O) groups is 3. The molecular formula is C33H46BrN3O4S. The van der Waals surface area contributed by atoms with Crippen LogP contribution in [-0.4, -0.2) is 90.7 Å². The Balaban J connectivity index is 1.89. The normalized spacial score (nSPS) is 29.3. The number of aliphatic hydroxyl groups excluding tert-OH is 1. The largest absolute Gasteiger partial charge is 0.394 e. The van der Waals surface area contributed by atoms with Crippen LogP contribution in [0.5, 0.6) is 0 Å². The van der Waals surface area contributed by atoms with E-state index in [0.717, 1.165) is 12.0 Å². The number of aliphatic hydroxyl groups is 1. The van der Waals surface area contributed by atoms with Crippen LogP contribution >= 0.6 is 27.7 Å². The van der Waals surface area contributed by atoms with Crippen molar-refractivity contribution in [2.24, 2.45) is 17.3 Å². The lowest BCUT2D eigenvalue weighted by Gasteiger charge is -2.46. The first kappa shape index (κ1) is 32.8. The summed E-state index contributed by atoms with van der Waals surface area (Å²) in [6.45, 7) is 18.7. The summed E-state index contributed by atoms with van der Waals surface area (Å²) in [4.78, 5) is 48.8. The number of thioether (sulfide) groups is 1. The number of likely N-dealkylation sites (N-methyl/N-ethyl adjacent to an activating group) is 1. The van der Waals surface area contributed by atoms with E-state index in [1.165, 1.54) is 0 Å². The summed E-state index contributed by atoms with van der Waals surface area (Å²) in [5.41, 5.74) is 0.165. The number of benzene rings is 1. The molecule has 1 aromatic rings. The van der Waals surface area contributed by atoms with Crippen molar-refractivity contribution >= 4 is 45.4 Å². The van der Waals surface area contributed by atoms with Gasteiger partial charge >= 0.3 is 0 Å². The van der Waals surface area contributed by atoms with E-state index in [-0.39, 0.29) is 39.8 Å². The summed E-state index contributed by atoms with van der Waals surface area (Å²) in [7, 11) is 1.73. The molecule has 3 unspecified atom stereocenters. The predicted octanol–water partition coefficient (Wildman–Crippen LogP) is 5.06. The monoisotopic (exact) mass is 659 g/mol. The molecule has 3 amide bonds. The molecule has 1 N–H and O–H groups in total. The van der Waals surface area contributed by atoms with Crippen LogP contribution in [0.1, 0.15) is 59.1 Å². The minimum absolute atomic E-state index is 0.0346. The van der Waals surface area contributed by atoms with Crippen LogP contribution in [0.25, 0.3) is 0 Å². The number of fused-ring (bicyclic) bond motifs is 1. The van der Waals surface area contributed by atoms with Gasteiger partial charge in [-0.25, -0.2) is 0 Å². The highest BCUT2D eigenvalue weighted by Crippen LogP contribution is 2.69. The quantitative estimate of drug-likeness (QED) is 0.265. The van der Waals surface area contributed by atoms with Crippen LogP contribution in [0.2, 0.25) is 0 Å². The summed E-state index contributed by atoms with van der Waals surface area (Å²) in [5.74, 6) is -1.76. The minimum Gasteiger partial charge on any atom is -0.394 e. The lowest BCUT2D eigenvalue weighted by atomic mass is 9.70. The summed E-state index contributed by atoms with van der Waals surface area (Å²) in [6, 6.07) is 7.81. The SMILES string of the molecule is C=CCN(C)C(=O)[C@H]1[C@@H]2SC3(CC2Br)C(C(=O)N(CC=C)C(C)(C)CC(C)(C)C)N([C@H](CO)c2ccccc2)C(=O)[C@H]13. The Hall–Kier alpha value is -2.10. The maximum Gasteiger partial charge on any atom is 0.247 e. The Bertz CT molecular complexity index is 1220. The fourth-order valence-corrected chi connectivity index (χ4v) is 11.4. The summed E-state index contributed by atoms with van der Waals surface area (Å²) < 4.78 is -0.818. The average Bonchev–Trinajstić information content (AvgIpc) is 3.50. The number of nitrogens with zero attached hydrogens (tertiary/aromatic N) is 3. The predicted molar refractivity (Wildman–Crippen MR) is 173 cm³/mol. The molecule has 1 spiro atoms. The number of alkyl halides is 1. The van der Waals surface area contributed by atoms with E-state index in [2.05, 4.69) is 63.7 Å². The van der Waals surface area contributed by atoms with Crippen LogP contribution in [-0.2, 0) is 14.4 Å². The van der Waals surface area contributed by atoms with Gasteiger partial charge in [0.15, 0.2) is 0 Å². The first-order valence-corrected chi connectivity index (χ1v) is 16.5. The van der Waals surface area contributed by atoms with Crippen molar-refractivity contribution in [2.45, 2.75) is 79.9 Å². The van der Waals surface area contributed by atoms with Gasteiger partial charge < -0.3 is 19.8 Å². The van der Waals surface area contributed by atoms with Gasteiger partial charge in [0.1, 0.15) is 6.04 Å². The van der Waals surface area contributed by atoms with Crippen molar-refractivity contribution in [1.29, 1.82) is 0 Å². The van der Waals surface area contributed by atoms with Gasteiger partial charge in [0.05, 0.1) is 29.2 Å². The summed E-state index contributed by atoms with van der Waals surface area (Å²) in [6.07, 6.45) is 4.73. The number of amides is 3. The van der Waals surface area contributed by atoms with Crippen LogP contribution in [0, 0.1) is 17.3 Å². The van der Waals surface area contributed by atoms with E-state index in [4.69, 9.17) is 0 Å². The Kier molecular flexibility index (Phi) is 9.47. The van der Waals surface area contributed by atoms with E-state index < -0.39 is 34.2 Å². The molecule has 0 saturated carbocycles. The highest BCUT2D eigenvalue weighted by Gasteiger charge is 2.76. The Morgan fingerprint density at radius 3 is 2.31 bits per heavy atom. The van der Waals surface area contributed by atoms with Crippen LogP contribution in [0.3, 0.4) is 0 Å².